The van der Waals surface area contributed by atoms with Gasteiger partial charge < -0.3 is 5.32 Å². The molecule has 1 N–H and O–H groups in total. The van der Waals surface area contributed by atoms with Crippen molar-refractivity contribution in [3.63, 3.8) is 0 Å². The van der Waals surface area contributed by atoms with Gasteiger partial charge in [0, 0.05) is 23.2 Å². The standard InChI is InChI=1S/C11H14BrF3N2/c1-17(8-11(13,14)15)7-6-16-10-4-2-9(12)3-5-10/h2-5,16H,6-8H2,1H3. The number of anilines is 1. The molecule has 0 unspecified atom stereocenters. The second-order valence-electron chi connectivity index (χ2n) is 3.79. The van der Waals surface area contributed by atoms with Crippen LogP contribution < -0.4 is 5.32 Å². The summed E-state index contributed by atoms with van der Waals surface area (Å²) < 4.78 is 37.1. The first kappa shape index (κ1) is 14.3. The van der Waals surface area contributed by atoms with E-state index >= 15 is 0 Å². The summed E-state index contributed by atoms with van der Waals surface area (Å²) in [5.74, 6) is 0. The summed E-state index contributed by atoms with van der Waals surface area (Å²) in [6.45, 7) is -0.0567. The van der Waals surface area contributed by atoms with Gasteiger partial charge in [-0.15, -0.1) is 0 Å². The lowest BCUT2D eigenvalue weighted by molar-refractivity contribution is -0.142. The van der Waals surface area contributed by atoms with Crippen LogP contribution in [-0.4, -0.2) is 37.8 Å². The molecule has 0 saturated carbocycles. The minimum Gasteiger partial charge on any atom is -0.384 e. The molecule has 0 aromatic heterocycles. The summed E-state index contributed by atoms with van der Waals surface area (Å²) in [4.78, 5) is 1.24. The Morgan fingerprint density at radius 3 is 2.35 bits per heavy atom. The average molecular weight is 311 g/mol. The van der Waals surface area contributed by atoms with Gasteiger partial charge in [-0.2, -0.15) is 13.2 Å². The zero-order valence-electron chi connectivity index (χ0n) is 9.39. The Hall–Kier alpha value is -0.750. The van der Waals surface area contributed by atoms with Crippen LogP contribution in [-0.2, 0) is 0 Å². The fraction of sp³-hybridized carbons (Fsp3) is 0.455. The lowest BCUT2D eigenvalue weighted by Gasteiger charge is -2.18. The molecule has 2 nitrogen and oxygen atoms in total. The van der Waals surface area contributed by atoms with Crippen LogP contribution in [0, 0.1) is 0 Å². The van der Waals surface area contributed by atoms with Crippen LogP contribution in [0.3, 0.4) is 0 Å². The number of halogens is 4. The van der Waals surface area contributed by atoms with Crippen molar-refractivity contribution in [1.82, 2.24) is 4.90 Å². The maximum Gasteiger partial charge on any atom is 0.401 e. The van der Waals surface area contributed by atoms with Crippen LogP contribution in [0.5, 0.6) is 0 Å². The van der Waals surface area contributed by atoms with Crippen molar-refractivity contribution in [2.24, 2.45) is 0 Å². The number of hydrogen-bond donors (Lipinski definition) is 1. The van der Waals surface area contributed by atoms with E-state index in [0.717, 1.165) is 10.2 Å². The number of hydrogen-bond acceptors (Lipinski definition) is 2. The molecule has 0 bridgehead atoms. The number of nitrogens with zero attached hydrogens (tertiary/aromatic N) is 1. The molecule has 1 aromatic carbocycles. The van der Waals surface area contributed by atoms with Crippen LogP contribution >= 0.6 is 15.9 Å². The molecule has 0 aliphatic carbocycles. The molecule has 0 radical (unpaired) electrons. The fourth-order valence-corrected chi connectivity index (χ4v) is 1.61. The lowest BCUT2D eigenvalue weighted by Crippen LogP contribution is -2.34. The topological polar surface area (TPSA) is 15.3 Å². The van der Waals surface area contributed by atoms with E-state index in [0.29, 0.717) is 13.1 Å². The number of rotatable bonds is 5. The Kier molecular flexibility index (Phi) is 5.27. The summed E-state index contributed by atoms with van der Waals surface area (Å²) in [5, 5.41) is 3.06. The first-order chi connectivity index (χ1) is 7.87. The first-order valence-electron chi connectivity index (χ1n) is 5.11. The van der Waals surface area contributed by atoms with Crippen molar-refractivity contribution in [3.8, 4) is 0 Å². The van der Waals surface area contributed by atoms with E-state index in [2.05, 4.69) is 21.2 Å². The van der Waals surface area contributed by atoms with Gasteiger partial charge in [-0.1, -0.05) is 15.9 Å². The van der Waals surface area contributed by atoms with E-state index in [1.54, 1.807) is 0 Å². The van der Waals surface area contributed by atoms with Gasteiger partial charge >= 0.3 is 6.18 Å². The molecule has 0 aliphatic rings. The first-order valence-corrected chi connectivity index (χ1v) is 5.91. The van der Waals surface area contributed by atoms with Gasteiger partial charge in [0.15, 0.2) is 0 Å². The maximum absolute atomic E-state index is 12.0. The van der Waals surface area contributed by atoms with Gasteiger partial charge in [0.25, 0.3) is 0 Å². The second kappa shape index (κ2) is 6.26. The van der Waals surface area contributed by atoms with Gasteiger partial charge in [-0.25, -0.2) is 0 Å². The zero-order chi connectivity index (χ0) is 12.9. The molecule has 0 amide bonds. The predicted molar refractivity (Wildman–Crippen MR) is 66.2 cm³/mol. The zero-order valence-corrected chi connectivity index (χ0v) is 11.0. The smallest absolute Gasteiger partial charge is 0.384 e. The van der Waals surface area contributed by atoms with Crippen molar-refractivity contribution in [2.45, 2.75) is 6.18 Å². The van der Waals surface area contributed by atoms with Crippen molar-refractivity contribution in [2.75, 3.05) is 32.0 Å². The van der Waals surface area contributed by atoms with Gasteiger partial charge in [0.05, 0.1) is 6.54 Å². The summed E-state index contributed by atoms with van der Waals surface area (Å²) in [7, 11) is 1.46. The highest BCUT2D eigenvalue weighted by Crippen LogP contribution is 2.16. The Bertz CT molecular complexity index is 338. The number of benzene rings is 1. The number of alkyl halides is 3. The molecule has 0 fully saturated rings. The molecular formula is C11H14BrF3N2. The van der Waals surface area contributed by atoms with E-state index in [1.165, 1.54) is 11.9 Å². The quantitative estimate of drug-likeness (QED) is 0.897. The molecule has 0 atom stereocenters. The molecule has 0 aliphatic heterocycles. The molecule has 17 heavy (non-hydrogen) atoms. The highest BCUT2D eigenvalue weighted by Gasteiger charge is 2.28. The van der Waals surface area contributed by atoms with E-state index in [4.69, 9.17) is 0 Å². The van der Waals surface area contributed by atoms with Crippen molar-refractivity contribution in [1.29, 1.82) is 0 Å². The Balaban J connectivity index is 2.26. The van der Waals surface area contributed by atoms with Gasteiger partial charge in [-0.3, -0.25) is 4.90 Å². The summed E-state index contributed by atoms with van der Waals surface area (Å²) >= 11 is 3.31. The minimum absolute atomic E-state index is 0.343. The van der Waals surface area contributed by atoms with Crippen LogP contribution in [0.15, 0.2) is 28.7 Å². The molecule has 0 heterocycles. The van der Waals surface area contributed by atoms with Gasteiger partial charge in [0.1, 0.15) is 0 Å². The van der Waals surface area contributed by atoms with E-state index in [1.807, 2.05) is 24.3 Å². The van der Waals surface area contributed by atoms with Crippen LogP contribution in [0.25, 0.3) is 0 Å². The molecule has 96 valence electrons. The minimum atomic E-state index is -4.13. The molecule has 1 aromatic rings. The van der Waals surface area contributed by atoms with Crippen LogP contribution in [0.4, 0.5) is 18.9 Å². The van der Waals surface area contributed by atoms with E-state index < -0.39 is 12.7 Å². The second-order valence-corrected chi connectivity index (χ2v) is 4.70. The Labute approximate surface area is 107 Å². The van der Waals surface area contributed by atoms with Gasteiger partial charge in [0.2, 0.25) is 0 Å². The van der Waals surface area contributed by atoms with Crippen LogP contribution in [0.2, 0.25) is 0 Å². The van der Waals surface area contributed by atoms with Crippen molar-refractivity contribution in [3.05, 3.63) is 28.7 Å². The van der Waals surface area contributed by atoms with Crippen molar-refractivity contribution >= 4 is 21.6 Å². The highest BCUT2D eigenvalue weighted by molar-refractivity contribution is 9.10. The number of likely N-dealkylation sites (N-methyl/N-ethyl adjacent to an activating group) is 1. The highest BCUT2D eigenvalue weighted by atomic mass is 79.9. The normalized spacial score (nSPS) is 11.9. The van der Waals surface area contributed by atoms with E-state index in [-0.39, 0.29) is 0 Å². The summed E-state index contributed by atoms with van der Waals surface area (Å²) in [5.41, 5.74) is 0.897. The molecular weight excluding hydrogens is 297 g/mol. The monoisotopic (exact) mass is 310 g/mol. The third-order valence-electron chi connectivity index (χ3n) is 2.12. The molecule has 6 heteroatoms. The predicted octanol–water partition coefficient (Wildman–Crippen LogP) is 3.36. The average Bonchev–Trinajstić information content (AvgIpc) is 2.18. The third-order valence-corrected chi connectivity index (χ3v) is 2.64. The Morgan fingerprint density at radius 1 is 1.24 bits per heavy atom. The van der Waals surface area contributed by atoms with Gasteiger partial charge in [-0.05, 0) is 31.3 Å². The fourth-order valence-electron chi connectivity index (χ4n) is 1.34. The summed E-state index contributed by atoms with van der Waals surface area (Å²) in [6, 6.07) is 7.49. The van der Waals surface area contributed by atoms with Crippen molar-refractivity contribution < 1.29 is 13.2 Å². The Morgan fingerprint density at radius 2 is 1.82 bits per heavy atom. The SMILES string of the molecule is CN(CCNc1ccc(Br)cc1)CC(F)(F)F. The third kappa shape index (κ3) is 6.53. The molecule has 1 rings (SSSR count). The van der Waals surface area contributed by atoms with Crippen LogP contribution in [0.1, 0.15) is 0 Å². The largest absolute Gasteiger partial charge is 0.401 e. The summed E-state index contributed by atoms with van der Waals surface area (Å²) in [6.07, 6.45) is -4.13. The number of nitrogens with one attached hydrogen (secondary N) is 1. The molecule has 0 saturated heterocycles. The maximum atomic E-state index is 12.0. The van der Waals surface area contributed by atoms with E-state index in [9.17, 15) is 13.2 Å². The molecule has 0 spiro atoms. The lowest BCUT2D eigenvalue weighted by atomic mass is 10.3.